The van der Waals surface area contributed by atoms with Gasteiger partial charge in [0.05, 0.1) is 19.1 Å². The molecule has 1 aliphatic heterocycles. The Balaban J connectivity index is 1.63. The van der Waals surface area contributed by atoms with Crippen LogP contribution < -0.4 is 19.5 Å². The Morgan fingerprint density at radius 2 is 1.65 bits per heavy atom. The summed E-state index contributed by atoms with van der Waals surface area (Å²) in [4.78, 5) is 13.0. The number of nitrogens with zero attached hydrogens (tertiary/aromatic N) is 1. The predicted molar refractivity (Wildman–Crippen MR) is 140 cm³/mol. The van der Waals surface area contributed by atoms with Crippen LogP contribution in [0.25, 0.3) is 0 Å². The van der Waals surface area contributed by atoms with Crippen molar-refractivity contribution >= 4 is 15.9 Å². The molecule has 1 heterocycles. The monoisotopic (exact) mass is 524 g/mol. The van der Waals surface area contributed by atoms with Crippen LogP contribution in [0.15, 0.2) is 77.7 Å². The zero-order chi connectivity index (χ0) is 26.3. The van der Waals surface area contributed by atoms with Crippen LogP contribution in [0.1, 0.15) is 30.4 Å². The van der Waals surface area contributed by atoms with Gasteiger partial charge in [0.15, 0.2) is 11.5 Å². The molecule has 0 aliphatic carbocycles. The number of sulfonamides is 1. The number of amides is 1. The van der Waals surface area contributed by atoms with Crippen LogP contribution in [-0.4, -0.2) is 45.4 Å². The van der Waals surface area contributed by atoms with Crippen molar-refractivity contribution in [2.24, 2.45) is 0 Å². The number of rotatable bonds is 10. The maximum absolute atomic E-state index is 13.8. The van der Waals surface area contributed by atoms with Crippen molar-refractivity contribution in [1.29, 1.82) is 0 Å². The maximum Gasteiger partial charge on any atom is 0.244 e. The lowest BCUT2D eigenvalue weighted by atomic mass is 10.1. The topological polar surface area (TPSA) is 94.2 Å². The minimum absolute atomic E-state index is 0.00176. The van der Waals surface area contributed by atoms with Crippen LogP contribution in [0, 0.1) is 0 Å². The molecule has 1 aliphatic rings. The van der Waals surface area contributed by atoms with E-state index in [0.29, 0.717) is 42.4 Å². The van der Waals surface area contributed by atoms with E-state index in [-0.39, 0.29) is 17.3 Å². The van der Waals surface area contributed by atoms with Crippen molar-refractivity contribution in [3.63, 3.8) is 0 Å². The predicted octanol–water partition coefficient (Wildman–Crippen LogP) is 4.14. The molecule has 1 fully saturated rings. The maximum atomic E-state index is 13.8. The normalized spacial score (nSPS) is 16.1. The van der Waals surface area contributed by atoms with Crippen molar-refractivity contribution in [3.05, 3.63) is 83.9 Å². The lowest BCUT2D eigenvalue weighted by Crippen LogP contribution is -2.48. The number of methoxy groups -OCH3 is 2. The Labute approximate surface area is 218 Å². The molecule has 3 aromatic carbocycles. The van der Waals surface area contributed by atoms with Gasteiger partial charge in [-0.1, -0.05) is 36.4 Å². The molecule has 1 atom stereocenters. The number of hydrogen-bond donors (Lipinski definition) is 1. The second kappa shape index (κ2) is 12.1. The molecule has 1 amide bonds. The molecule has 37 heavy (non-hydrogen) atoms. The largest absolute Gasteiger partial charge is 0.497 e. The average Bonchev–Trinajstić information content (AvgIpc) is 3.15. The van der Waals surface area contributed by atoms with Gasteiger partial charge in [0.2, 0.25) is 15.9 Å². The summed E-state index contributed by atoms with van der Waals surface area (Å²) in [6.45, 7) is 0.908. The third-order valence-electron chi connectivity index (χ3n) is 6.32. The summed E-state index contributed by atoms with van der Waals surface area (Å²) in [5, 5.41) is 2.86. The van der Waals surface area contributed by atoms with E-state index in [4.69, 9.17) is 14.2 Å². The molecule has 196 valence electrons. The van der Waals surface area contributed by atoms with E-state index in [2.05, 4.69) is 5.32 Å². The highest BCUT2D eigenvalue weighted by atomic mass is 32.2. The van der Waals surface area contributed by atoms with Gasteiger partial charge in [-0.25, -0.2) is 8.42 Å². The highest BCUT2D eigenvalue weighted by Crippen LogP contribution is 2.32. The Hall–Kier alpha value is -3.56. The fraction of sp³-hybridized carbons (Fsp3) is 0.321. The van der Waals surface area contributed by atoms with Crippen molar-refractivity contribution in [3.8, 4) is 17.2 Å². The molecule has 3 aromatic rings. The van der Waals surface area contributed by atoms with Crippen LogP contribution >= 0.6 is 0 Å². The number of carbonyl (C=O) groups is 1. The van der Waals surface area contributed by atoms with Crippen LogP contribution in [-0.2, 0) is 28.0 Å². The van der Waals surface area contributed by atoms with Gasteiger partial charge in [-0.05, 0) is 66.8 Å². The fourth-order valence-electron chi connectivity index (χ4n) is 4.29. The van der Waals surface area contributed by atoms with Crippen LogP contribution in [0.2, 0.25) is 0 Å². The number of hydrogen-bond acceptors (Lipinski definition) is 6. The smallest absolute Gasteiger partial charge is 0.244 e. The van der Waals surface area contributed by atoms with Gasteiger partial charge in [0, 0.05) is 13.1 Å². The minimum Gasteiger partial charge on any atom is -0.497 e. The summed E-state index contributed by atoms with van der Waals surface area (Å²) in [5.74, 6) is 1.30. The summed E-state index contributed by atoms with van der Waals surface area (Å²) >= 11 is 0. The van der Waals surface area contributed by atoms with E-state index < -0.39 is 16.1 Å². The van der Waals surface area contributed by atoms with Crippen molar-refractivity contribution in [1.82, 2.24) is 9.62 Å². The summed E-state index contributed by atoms with van der Waals surface area (Å²) in [7, 11) is -0.943. The first kappa shape index (κ1) is 26.5. The molecule has 9 heteroatoms. The molecule has 8 nitrogen and oxygen atoms in total. The average molecular weight is 525 g/mol. The third-order valence-corrected chi connectivity index (χ3v) is 8.19. The van der Waals surface area contributed by atoms with Crippen LogP contribution in [0.4, 0.5) is 0 Å². The van der Waals surface area contributed by atoms with E-state index in [1.165, 1.54) is 23.5 Å². The lowest BCUT2D eigenvalue weighted by molar-refractivity contribution is -0.124. The number of nitrogens with one attached hydrogen (secondary N) is 1. The van der Waals surface area contributed by atoms with Gasteiger partial charge >= 0.3 is 0 Å². The molecule has 0 saturated carbocycles. The van der Waals surface area contributed by atoms with Crippen molar-refractivity contribution in [2.45, 2.75) is 43.4 Å². The van der Waals surface area contributed by atoms with E-state index in [1.54, 1.807) is 37.4 Å². The molecular formula is C28H32N2O6S. The molecular weight excluding hydrogens is 492 g/mol. The lowest BCUT2D eigenvalue weighted by Gasteiger charge is -2.29. The summed E-state index contributed by atoms with van der Waals surface area (Å²) in [6, 6.07) is 20.5. The van der Waals surface area contributed by atoms with Gasteiger partial charge < -0.3 is 19.5 Å². The first-order valence-corrected chi connectivity index (χ1v) is 13.6. The Morgan fingerprint density at radius 1 is 0.892 bits per heavy atom. The zero-order valence-electron chi connectivity index (χ0n) is 21.1. The van der Waals surface area contributed by atoms with Gasteiger partial charge in [-0.15, -0.1) is 0 Å². The highest BCUT2D eigenvalue weighted by molar-refractivity contribution is 7.89. The van der Waals surface area contributed by atoms with Crippen LogP contribution in [0.3, 0.4) is 0 Å². The molecule has 1 saturated heterocycles. The minimum atomic E-state index is -4.00. The summed E-state index contributed by atoms with van der Waals surface area (Å²) < 4.78 is 45.6. The quantitative estimate of drug-likeness (QED) is 0.428. The number of ether oxygens (including phenoxy) is 3. The van der Waals surface area contributed by atoms with Crippen molar-refractivity contribution < 1.29 is 27.4 Å². The van der Waals surface area contributed by atoms with Crippen LogP contribution in [0.5, 0.6) is 17.2 Å². The van der Waals surface area contributed by atoms with Gasteiger partial charge in [0.1, 0.15) is 18.4 Å². The second-order valence-electron chi connectivity index (χ2n) is 8.79. The molecule has 0 aromatic heterocycles. The number of carbonyl (C=O) groups excluding carboxylic acids is 1. The second-order valence-corrected chi connectivity index (χ2v) is 10.7. The Kier molecular flexibility index (Phi) is 8.68. The molecule has 0 radical (unpaired) electrons. The fourth-order valence-corrected chi connectivity index (χ4v) is 5.89. The first-order chi connectivity index (χ1) is 17.9. The van der Waals surface area contributed by atoms with E-state index in [9.17, 15) is 13.2 Å². The number of benzene rings is 3. The molecule has 0 bridgehead atoms. The molecule has 0 spiro atoms. The molecule has 1 N–H and O–H groups in total. The Morgan fingerprint density at radius 3 is 2.35 bits per heavy atom. The molecule has 4 rings (SSSR count). The van der Waals surface area contributed by atoms with Gasteiger partial charge in [-0.2, -0.15) is 4.31 Å². The zero-order valence-corrected chi connectivity index (χ0v) is 21.9. The van der Waals surface area contributed by atoms with E-state index in [1.807, 2.05) is 30.3 Å². The van der Waals surface area contributed by atoms with E-state index >= 15 is 0 Å². The molecule has 1 unspecified atom stereocenters. The van der Waals surface area contributed by atoms with Gasteiger partial charge in [-0.3, -0.25) is 4.79 Å². The van der Waals surface area contributed by atoms with E-state index in [0.717, 1.165) is 18.4 Å². The van der Waals surface area contributed by atoms with Crippen molar-refractivity contribution in [2.75, 3.05) is 20.8 Å². The third kappa shape index (κ3) is 6.42. The summed E-state index contributed by atoms with van der Waals surface area (Å²) in [5.41, 5.74) is 1.70. The summed E-state index contributed by atoms with van der Waals surface area (Å²) in [6.07, 6.45) is 1.99. The highest BCUT2D eigenvalue weighted by Gasteiger charge is 2.36. The first-order valence-electron chi connectivity index (χ1n) is 12.2. The SMILES string of the molecule is COc1ccc(S(=O)(=O)N(Cc2ccc(OCc3ccccc3)c(OC)c2)C2CCCCNC2=O)cc1. The Bertz CT molecular complexity index is 1300. The standard InChI is InChI=1S/C28H32N2O6S/c1-34-23-12-14-24(15-13-23)37(32,33)30(25-10-6-7-17-29-28(25)31)19-22-11-16-26(27(18-22)35-2)36-20-21-8-4-3-5-9-21/h3-5,8-9,11-16,18,25H,6-7,10,17,19-20H2,1-2H3,(H,29,31). The van der Waals surface area contributed by atoms with Gasteiger partial charge in [0.25, 0.3) is 0 Å².